The van der Waals surface area contributed by atoms with Crippen molar-refractivity contribution in [2.75, 3.05) is 26.2 Å². The van der Waals surface area contributed by atoms with Crippen LogP contribution in [0.2, 0.25) is 0 Å². The van der Waals surface area contributed by atoms with E-state index in [1.165, 1.54) is 0 Å². The maximum absolute atomic E-state index is 11.6. The Balaban J connectivity index is 2.29. The van der Waals surface area contributed by atoms with Crippen LogP contribution in [0.15, 0.2) is 0 Å². The minimum Gasteiger partial charge on any atom is -0.450 e. The van der Waals surface area contributed by atoms with E-state index in [9.17, 15) is 4.79 Å². The van der Waals surface area contributed by atoms with Crippen LogP contribution in [-0.2, 0) is 4.74 Å². The molecule has 0 radical (unpaired) electrons. The minimum absolute atomic E-state index is 0.163. The molecule has 0 bridgehead atoms. The van der Waals surface area contributed by atoms with Gasteiger partial charge in [-0.2, -0.15) is 0 Å². The lowest BCUT2D eigenvalue weighted by atomic mass is 9.81. The lowest BCUT2D eigenvalue weighted by Crippen LogP contribution is -2.47. The van der Waals surface area contributed by atoms with Gasteiger partial charge in [-0.15, -0.1) is 0 Å². The van der Waals surface area contributed by atoms with Gasteiger partial charge in [-0.05, 0) is 31.1 Å². The molecule has 1 rings (SSSR count). The molecule has 1 heterocycles. The highest BCUT2D eigenvalue weighted by molar-refractivity contribution is 5.67. The first-order valence-corrected chi connectivity index (χ1v) is 7.52. The molecule has 112 valence electrons. The van der Waals surface area contributed by atoms with Crippen LogP contribution in [0.1, 0.15) is 47.5 Å². The van der Waals surface area contributed by atoms with Gasteiger partial charge in [0.2, 0.25) is 0 Å². The molecule has 1 aliphatic heterocycles. The topological polar surface area (TPSA) is 41.6 Å². The van der Waals surface area contributed by atoms with E-state index in [1.807, 2.05) is 11.8 Å². The molecule has 0 aromatic rings. The first kappa shape index (κ1) is 16.3. The molecule has 1 fully saturated rings. The summed E-state index contributed by atoms with van der Waals surface area (Å²) in [5.74, 6) is 0.666. The third kappa shape index (κ3) is 5.01. The Labute approximate surface area is 117 Å². The van der Waals surface area contributed by atoms with Gasteiger partial charge < -0.3 is 15.0 Å². The molecule has 4 nitrogen and oxygen atoms in total. The van der Waals surface area contributed by atoms with E-state index in [1.54, 1.807) is 0 Å². The van der Waals surface area contributed by atoms with E-state index >= 15 is 0 Å². The number of nitrogens with zero attached hydrogens (tertiary/aromatic N) is 1. The molecule has 0 spiro atoms. The zero-order chi connectivity index (χ0) is 14.5. The largest absolute Gasteiger partial charge is 0.450 e. The quantitative estimate of drug-likeness (QED) is 0.835. The van der Waals surface area contributed by atoms with Gasteiger partial charge in [0.15, 0.2) is 0 Å². The molecule has 0 saturated carbocycles. The van der Waals surface area contributed by atoms with Crippen LogP contribution >= 0.6 is 0 Å². The number of hydrogen-bond donors (Lipinski definition) is 1. The van der Waals surface area contributed by atoms with E-state index in [0.29, 0.717) is 24.0 Å². The Morgan fingerprint density at radius 1 is 1.37 bits per heavy atom. The summed E-state index contributed by atoms with van der Waals surface area (Å²) in [6.07, 6.45) is 1.88. The second-order valence-corrected chi connectivity index (χ2v) is 6.48. The molecule has 4 heteroatoms. The summed E-state index contributed by atoms with van der Waals surface area (Å²) in [4.78, 5) is 13.4. The summed E-state index contributed by atoms with van der Waals surface area (Å²) in [6.45, 7) is 14.1. The Bertz CT molecular complexity index is 282. The number of likely N-dealkylation sites (tertiary alicyclic amines) is 1. The highest BCUT2D eigenvalue weighted by Gasteiger charge is 2.26. The van der Waals surface area contributed by atoms with Gasteiger partial charge in [0.25, 0.3) is 0 Å². The minimum atomic E-state index is -0.163. The van der Waals surface area contributed by atoms with Crippen molar-refractivity contribution < 1.29 is 9.53 Å². The summed E-state index contributed by atoms with van der Waals surface area (Å²) in [7, 11) is 0. The average Bonchev–Trinajstić information content (AvgIpc) is 2.37. The number of hydrogen-bond acceptors (Lipinski definition) is 3. The molecular weight excluding hydrogens is 240 g/mol. The molecule has 19 heavy (non-hydrogen) atoms. The maximum atomic E-state index is 11.6. The molecule has 1 N–H and O–H groups in total. The summed E-state index contributed by atoms with van der Waals surface area (Å²) in [5.41, 5.74) is 0.318. The normalized spacial score (nSPS) is 17.9. The number of nitrogens with one attached hydrogen (secondary N) is 1. The lowest BCUT2D eigenvalue weighted by molar-refractivity contribution is 0.0934. The van der Waals surface area contributed by atoms with Crippen LogP contribution < -0.4 is 5.32 Å². The monoisotopic (exact) mass is 270 g/mol. The summed E-state index contributed by atoms with van der Waals surface area (Å²) in [5, 5.41) is 3.66. The van der Waals surface area contributed by atoms with E-state index in [0.717, 1.165) is 32.5 Å². The molecule has 0 aromatic heterocycles. The van der Waals surface area contributed by atoms with Gasteiger partial charge in [0.1, 0.15) is 0 Å². The van der Waals surface area contributed by atoms with E-state index in [2.05, 4.69) is 33.0 Å². The molecule has 0 unspecified atom stereocenters. The van der Waals surface area contributed by atoms with Crippen molar-refractivity contribution in [2.24, 2.45) is 11.3 Å². The zero-order valence-electron chi connectivity index (χ0n) is 13.2. The van der Waals surface area contributed by atoms with Gasteiger partial charge in [-0.25, -0.2) is 4.79 Å². The Hall–Kier alpha value is -0.770. The molecule has 0 aliphatic carbocycles. The van der Waals surface area contributed by atoms with Gasteiger partial charge in [-0.1, -0.05) is 27.7 Å². The molecule has 0 aromatic carbocycles. The van der Waals surface area contributed by atoms with Crippen LogP contribution in [0.4, 0.5) is 4.79 Å². The SMILES string of the molecule is CCOC(=O)N1CCC(NCC(C)(C)C(C)C)CC1. The number of piperidine rings is 1. The average molecular weight is 270 g/mol. The van der Waals surface area contributed by atoms with E-state index in [4.69, 9.17) is 4.74 Å². The number of amides is 1. The second-order valence-electron chi connectivity index (χ2n) is 6.48. The molecule has 0 atom stereocenters. The smallest absolute Gasteiger partial charge is 0.409 e. The summed E-state index contributed by atoms with van der Waals surface area (Å²) in [6, 6.07) is 0.531. The summed E-state index contributed by atoms with van der Waals surface area (Å²) < 4.78 is 5.03. The standard InChI is InChI=1S/C15H30N2O2/c1-6-19-14(18)17-9-7-13(8-10-17)16-11-15(4,5)12(2)3/h12-13,16H,6-11H2,1-5H3. The van der Waals surface area contributed by atoms with Crippen LogP contribution in [0.3, 0.4) is 0 Å². The number of ether oxygens (including phenoxy) is 1. The fourth-order valence-electron chi connectivity index (χ4n) is 2.09. The predicted molar refractivity (Wildman–Crippen MR) is 78.2 cm³/mol. The van der Waals surface area contributed by atoms with E-state index < -0.39 is 0 Å². The Morgan fingerprint density at radius 3 is 2.42 bits per heavy atom. The highest BCUT2D eigenvalue weighted by Crippen LogP contribution is 2.25. The van der Waals surface area contributed by atoms with Crippen LogP contribution in [0.5, 0.6) is 0 Å². The number of carbonyl (C=O) groups is 1. The molecule has 1 saturated heterocycles. The fraction of sp³-hybridized carbons (Fsp3) is 0.933. The maximum Gasteiger partial charge on any atom is 0.409 e. The molecule has 1 aliphatic rings. The number of carbonyl (C=O) groups excluding carboxylic acids is 1. The second kappa shape index (κ2) is 7.13. The fourth-order valence-corrected chi connectivity index (χ4v) is 2.09. The third-order valence-corrected chi connectivity index (χ3v) is 4.43. The summed E-state index contributed by atoms with van der Waals surface area (Å²) >= 11 is 0. The van der Waals surface area contributed by atoms with Crippen LogP contribution in [0, 0.1) is 11.3 Å². The third-order valence-electron chi connectivity index (χ3n) is 4.43. The van der Waals surface area contributed by atoms with Gasteiger partial charge in [0.05, 0.1) is 6.61 Å². The predicted octanol–water partition coefficient (Wildman–Crippen LogP) is 2.88. The first-order chi connectivity index (χ1) is 8.86. The van der Waals surface area contributed by atoms with Crippen molar-refractivity contribution in [2.45, 2.75) is 53.5 Å². The van der Waals surface area contributed by atoms with Crippen molar-refractivity contribution in [3.05, 3.63) is 0 Å². The van der Waals surface area contributed by atoms with Crippen molar-refractivity contribution in [3.8, 4) is 0 Å². The van der Waals surface area contributed by atoms with Crippen LogP contribution in [-0.4, -0.2) is 43.3 Å². The van der Waals surface area contributed by atoms with Gasteiger partial charge in [0, 0.05) is 25.7 Å². The first-order valence-electron chi connectivity index (χ1n) is 7.52. The van der Waals surface area contributed by atoms with E-state index in [-0.39, 0.29) is 6.09 Å². The van der Waals surface area contributed by atoms with Crippen molar-refractivity contribution in [1.82, 2.24) is 10.2 Å². The zero-order valence-corrected chi connectivity index (χ0v) is 13.2. The van der Waals surface area contributed by atoms with Gasteiger partial charge in [-0.3, -0.25) is 0 Å². The van der Waals surface area contributed by atoms with Crippen molar-refractivity contribution in [3.63, 3.8) is 0 Å². The molecule has 1 amide bonds. The van der Waals surface area contributed by atoms with Crippen LogP contribution in [0.25, 0.3) is 0 Å². The Morgan fingerprint density at radius 2 is 1.95 bits per heavy atom. The van der Waals surface area contributed by atoms with Crippen molar-refractivity contribution >= 4 is 6.09 Å². The van der Waals surface area contributed by atoms with Crippen molar-refractivity contribution in [1.29, 1.82) is 0 Å². The Kier molecular flexibility index (Phi) is 6.11. The van der Waals surface area contributed by atoms with Gasteiger partial charge >= 0.3 is 6.09 Å². The highest BCUT2D eigenvalue weighted by atomic mass is 16.6. The lowest BCUT2D eigenvalue weighted by Gasteiger charge is -2.35. The number of rotatable bonds is 5. The molecular formula is C15H30N2O2.